The van der Waals surface area contributed by atoms with Gasteiger partial charge in [-0.25, -0.2) is 0 Å². The molecule has 10 heteroatoms. The van der Waals surface area contributed by atoms with Gasteiger partial charge in [0.15, 0.2) is 23.9 Å². The molecule has 34 heavy (non-hydrogen) atoms. The van der Waals surface area contributed by atoms with E-state index in [9.17, 15) is 24.6 Å². The summed E-state index contributed by atoms with van der Waals surface area (Å²) in [6, 6.07) is 6.65. The van der Waals surface area contributed by atoms with Gasteiger partial charge in [0, 0.05) is 12.1 Å². The van der Waals surface area contributed by atoms with E-state index in [1.54, 1.807) is 32.0 Å². The first kappa shape index (κ1) is 24.7. The number of phenolic OH excluding ortho intramolecular Hbond substituents is 1. The number of carboxylic acids is 1. The summed E-state index contributed by atoms with van der Waals surface area (Å²) < 4.78 is 21.7. The van der Waals surface area contributed by atoms with Gasteiger partial charge in [0.05, 0.1) is 33.1 Å². The predicted molar refractivity (Wildman–Crippen MR) is 120 cm³/mol. The summed E-state index contributed by atoms with van der Waals surface area (Å²) in [6.07, 6.45) is -0.247. The van der Waals surface area contributed by atoms with E-state index in [-0.39, 0.29) is 41.4 Å². The van der Waals surface area contributed by atoms with Crippen molar-refractivity contribution in [2.45, 2.75) is 38.3 Å². The fourth-order valence-corrected chi connectivity index (χ4v) is 3.71. The first-order chi connectivity index (χ1) is 16.0. The Morgan fingerprint density at radius 3 is 2.50 bits per heavy atom. The summed E-state index contributed by atoms with van der Waals surface area (Å²) in [5.74, 6) is -1.10. The van der Waals surface area contributed by atoms with Gasteiger partial charge < -0.3 is 34.5 Å². The molecular weight excluding hydrogens is 446 g/mol. The molecule has 3 rings (SSSR count). The Bertz CT molecular complexity index is 1110. The molecule has 1 aliphatic heterocycles. The van der Waals surface area contributed by atoms with Crippen molar-refractivity contribution in [2.24, 2.45) is 0 Å². The highest BCUT2D eigenvalue weighted by Crippen LogP contribution is 2.41. The summed E-state index contributed by atoms with van der Waals surface area (Å²) in [6.45, 7) is 3.05. The predicted octanol–water partition coefficient (Wildman–Crippen LogP) is 2.86. The molecule has 0 saturated carbocycles. The lowest BCUT2D eigenvalue weighted by Crippen LogP contribution is -2.36. The number of fused-ring (bicyclic) bond motifs is 1. The fourth-order valence-electron chi connectivity index (χ4n) is 3.71. The number of nitrogens with one attached hydrogen (secondary N) is 1. The number of Topliss-reactive ketones (excluding diaryl/α,β-unsaturated/α-hetero) is 1. The van der Waals surface area contributed by atoms with Gasteiger partial charge in [-0.05, 0) is 31.5 Å². The average Bonchev–Trinajstić information content (AvgIpc) is 2.75. The van der Waals surface area contributed by atoms with Gasteiger partial charge in [-0.3, -0.25) is 14.4 Å². The van der Waals surface area contributed by atoms with Crippen LogP contribution in [0, 0.1) is 0 Å². The summed E-state index contributed by atoms with van der Waals surface area (Å²) in [4.78, 5) is 36.2. The average molecular weight is 473 g/mol. The maximum Gasteiger partial charge on any atom is 0.305 e. The minimum Gasteiger partial charge on any atom is -0.507 e. The maximum absolute atomic E-state index is 12.6. The Morgan fingerprint density at radius 2 is 1.85 bits per heavy atom. The largest absolute Gasteiger partial charge is 0.507 e. The number of methoxy groups -OCH3 is 2. The van der Waals surface area contributed by atoms with E-state index >= 15 is 0 Å². The number of rotatable bonds is 9. The molecule has 0 unspecified atom stereocenters. The Hall–Kier alpha value is -3.95. The van der Waals surface area contributed by atoms with Crippen molar-refractivity contribution >= 4 is 17.7 Å². The molecule has 0 aliphatic carbocycles. The smallest absolute Gasteiger partial charge is 0.305 e. The second-order valence-electron chi connectivity index (χ2n) is 8.40. The summed E-state index contributed by atoms with van der Waals surface area (Å²) in [7, 11) is 2.93. The van der Waals surface area contributed by atoms with Crippen LogP contribution >= 0.6 is 0 Å². The molecule has 1 amide bonds. The van der Waals surface area contributed by atoms with E-state index < -0.39 is 30.1 Å². The van der Waals surface area contributed by atoms with Crippen LogP contribution in [0.25, 0.3) is 0 Å². The monoisotopic (exact) mass is 473 g/mol. The quantitative estimate of drug-likeness (QED) is 0.501. The SMILES string of the molecule is COc1ccc([C@H](CC(=O)O)NC(=O)COc2cc(O)c3c(c2)OC(C)(C)CC3=O)cc1OC. The molecule has 0 fully saturated rings. The number of aliphatic carboxylic acids is 1. The molecule has 1 atom stereocenters. The van der Waals surface area contributed by atoms with Crippen molar-refractivity contribution in [3.8, 4) is 28.7 Å². The van der Waals surface area contributed by atoms with E-state index in [2.05, 4.69) is 5.32 Å². The summed E-state index contributed by atoms with van der Waals surface area (Å²) in [5, 5.41) is 22.2. The molecule has 1 aliphatic rings. The van der Waals surface area contributed by atoms with Gasteiger partial charge in [0.1, 0.15) is 28.4 Å². The van der Waals surface area contributed by atoms with Crippen LogP contribution in [-0.2, 0) is 9.59 Å². The molecule has 3 N–H and O–H groups in total. The number of aromatic hydroxyl groups is 1. The molecule has 0 spiro atoms. The van der Waals surface area contributed by atoms with Crippen molar-refractivity contribution in [1.29, 1.82) is 0 Å². The topological polar surface area (TPSA) is 141 Å². The van der Waals surface area contributed by atoms with Crippen LogP contribution in [0.15, 0.2) is 30.3 Å². The number of hydrogen-bond acceptors (Lipinski definition) is 8. The number of amides is 1. The zero-order valence-corrected chi connectivity index (χ0v) is 19.3. The Balaban J connectivity index is 1.73. The third-order valence-electron chi connectivity index (χ3n) is 5.20. The first-order valence-corrected chi connectivity index (χ1v) is 10.5. The van der Waals surface area contributed by atoms with Crippen molar-refractivity contribution in [3.63, 3.8) is 0 Å². The van der Waals surface area contributed by atoms with Crippen molar-refractivity contribution < 1.29 is 43.5 Å². The molecular formula is C24H27NO9. The fraction of sp³-hybridized carbons (Fsp3) is 0.375. The van der Waals surface area contributed by atoms with Crippen LogP contribution in [0.4, 0.5) is 0 Å². The number of benzene rings is 2. The number of ether oxygens (including phenoxy) is 4. The minimum atomic E-state index is -1.11. The summed E-state index contributed by atoms with van der Waals surface area (Å²) >= 11 is 0. The molecule has 0 radical (unpaired) electrons. The van der Waals surface area contributed by atoms with Crippen molar-refractivity contribution in [2.75, 3.05) is 20.8 Å². The second kappa shape index (κ2) is 9.90. The molecule has 0 aromatic heterocycles. The molecule has 1 heterocycles. The first-order valence-electron chi connectivity index (χ1n) is 10.5. The number of carbonyl (C=O) groups excluding carboxylic acids is 2. The standard InChI is InChI=1S/C24H27NO9/c1-24(2)11-17(27)23-16(26)8-14(9-20(23)34-24)33-12-21(28)25-15(10-22(29)30)13-5-6-18(31-3)19(7-13)32-4/h5-9,15,26H,10-12H2,1-4H3,(H,25,28)(H,29,30)/t15-/m0/s1. The zero-order chi connectivity index (χ0) is 25.0. The van der Waals surface area contributed by atoms with Gasteiger partial charge in [-0.1, -0.05) is 6.07 Å². The summed E-state index contributed by atoms with van der Waals surface area (Å²) in [5.41, 5.74) is -0.157. The third-order valence-corrected chi connectivity index (χ3v) is 5.20. The third kappa shape index (κ3) is 5.69. The van der Waals surface area contributed by atoms with E-state index in [0.717, 1.165) is 0 Å². The van der Waals surface area contributed by atoms with Crippen LogP contribution in [0.2, 0.25) is 0 Å². The van der Waals surface area contributed by atoms with Crippen molar-refractivity contribution in [3.05, 3.63) is 41.5 Å². The molecule has 0 saturated heterocycles. The number of phenols is 1. The lowest BCUT2D eigenvalue weighted by atomic mass is 9.92. The maximum atomic E-state index is 12.6. The van der Waals surface area contributed by atoms with Crippen LogP contribution in [-0.4, -0.2) is 54.3 Å². The van der Waals surface area contributed by atoms with E-state index in [4.69, 9.17) is 18.9 Å². The normalized spacial score (nSPS) is 14.9. The minimum absolute atomic E-state index is 0.0751. The zero-order valence-electron chi connectivity index (χ0n) is 19.3. The Morgan fingerprint density at radius 1 is 1.15 bits per heavy atom. The second-order valence-corrected chi connectivity index (χ2v) is 8.40. The van der Waals surface area contributed by atoms with Gasteiger partial charge in [-0.2, -0.15) is 0 Å². The van der Waals surface area contributed by atoms with E-state index in [0.29, 0.717) is 17.1 Å². The number of carbonyl (C=O) groups is 3. The van der Waals surface area contributed by atoms with Crippen LogP contribution in [0.1, 0.15) is 48.7 Å². The lowest BCUT2D eigenvalue weighted by Gasteiger charge is -2.32. The van der Waals surface area contributed by atoms with Crippen LogP contribution in [0.3, 0.4) is 0 Å². The molecule has 0 bridgehead atoms. The van der Waals surface area contributed by atoms with Crippen molar-refractivity contribution in [1.82, 2.24) is 5.32 Å². The molecule has 2 aromatic carbocycles. The molecule has 2 aromatic rings. The van der Waals surface area contributed by atoms with Gasteiger partial charge in [-0.15, -0.1) is 0 Å². The highest BCUT2D eigenvalue weighted by atomic mass is 16.5. The Labute approximate surface area is 196 Å². The number of hydrogen-bond donors (Lipinski definition) is 3. The van der Waals surface area contributed by atoms with Gasteiger partial charge in [0.25, 0.3) is 5.91 Å². The molecule has 10 nitrogen and oxygen atoms in total. The number of carboxylic acid groups (broad SMARTS) is 1. The Kier molecular flexibility index (Phi) is 7.19. The highest BCUT2D eigenvalue weighted by Gasteiger charge is 2.35. The highest BCUT2D eigenvalue weighted by molar-refractivity contribution is 6.03. The number of ketones is 1. The van der Waals surface area contributed by atoms with Gasteiger partial charge >= 0.3 is 5.97 Å². The van der Waals surface area contributed by atoms with Gasteiger partial charge in [0.2, 0.25) is 0 Å². The van der Waals surface area contributed by atoms with E-state index in [1.807, 2.05) is 0 Å². The van der Waals surface area contributed by atoms with E-state index in [1.165, 1.54) is 26.4 Å². The van der Waals surface area contributed by atoms with Crippen LogP contribution in [0.5, 0.6) is 28.7 Å². The molecule has 182 valence electrons. The van der Waals surface area contributed by atoms with Crippen LogP contribution < -0.4 is 24.3 Å². The lowest BCUT2D eigenvalue weighted by molar-refractivity contribution is -0.137.